The molecule has 0 aliphatic heterocycles. The van der Waals surface area contributed by atoms with Crippen molar-refractivity contribution in [1.82, 2.24) is 25.5 Å². The number of benzene rings is 2. The molecule has 152 valence electrons. The van der Waals surface area contributed by atoms with Crippen LogP contribution in [0.2, 0.25) is 0 Å². The number of methoxy groups -OCH3 is 2. The SMILES string of the molecule is COc1ccc(CCNC(=O)CSc2nnnn2-c2ccccc2F)cc1OC. The molecule has 0 spiro atoms. The van der Waals surface area contributed by atoms with Gasteiger partial charge in [-0.3, -0.25) is 4.79 Å². The summed E-state index contributed by atoms with van der Waals surface area (Å²) in [5.74, 6) is 0.802. The third kappa shape index (κ3) is 5.23. The molecule has 1 amide bonds. The molecule has 29 heavy (non-hydrogen) atoms. The summed E-state index contributed by atoms with van der Waals surface area (Å²) in [7, 11) is 3.16. The fraction of sp³-hybridized carbons (Fsp3) is 0.263. The summed E-state index contributed by atoms with van der Waals surface area (Å²) in [6.45, 7) is 0.465. The molecule has 0 bridgehead atoms. The van der Waals surface area contributed by atoms with Gasteiger partial charge in [-0.25, -0.2) is 4.39 Å². The van der Waals surface area contributed by atoms with Crippen molar-refractivity contribution >= 4 is 17.7 Å². The number of nitrogens with one attached hydrogen (secondary N) is 1. The molecular weight excluding hydrogens is 397 g/mol. The van der Waals surface area contributed by atoms with Crippen molar-refractivity contribution in [1.29, 1.82) is 0 Å². The van der Waals surface area contributed by atoms with Crippen molar-refractivity contribution in [2.45, 2.75) is 11.6 Å². The number of aromatic nitrogens is 4. The summed E-state index contributed by atoms with van der Waals surface area (Å²) in [6, 6.07) is 11.8. The van der Waals surface area contributed by atoms with Crippen LogP contribution in [-0.2, 0) is 11.2 Å². The monoisotopic (exact) mass is 417 g/mol. The Balaban J connectivity index is 1.50. The molecule has 0 radical (unpaired) electrons. The molecule has 1 aromatic heterocycles. The third-order valence-corrected chi connectivity index (χ3v) is 4.96. The quantitative estimate of drug-likeness (QED) is 0.534. The second-order valence-electron chi connectivity index (χ2n) is 5.90. The van der Waals surface area contributed by atoms with E-state index in [0.29, 0.717) is 29.6 Å². The minimum Gasteiger partial charge on any atom is -0.493 e. The van der Waals surface area contributed by atoms with Gasteiger partial charge in [0.25, 0.3) is 0 Å². The predicted octanol–water partition coefficient (Wildman–Crippen LogP) is 2.27. The fourth-order valence-corrected chi connectivity index (χ4v) is 3.32. The standard InChI is InChI=1S/C19H20FN5O3S/c1-27-16-8-7-13(11-17(16)28-2)9-10-21-18(26)12-29-19-22-23-24-25(19)15-6-4-3-5-14(15)20/h3-8,11H,9-10,12H2,1-2H3,(H,21,26). The van der Waals surface area contributed by atoms with Gasteiger partial charge in [0.05, 0.1) is 20.0 Å². The van der Waals surface area contributed by atoms with Crippen LogP contribution in [0.25, 0.3) is 5.69 Å². The Morgan fingerprint density at radius 3 is 2.72 bits per heavy atom. The number of nitrogens with zero attached hydrogens (tertiary/aromatic N) is 4. The molecule has 10 heteroatoms. The van der Waals surface area contributed by atoms with E-state index >= 15 is 0 Å². The summed E-state index contributed by atoms with van der Waals surface area (Å²) >= 11 is 1.13. The maximum Gasteiger partial charge on any atom is 0.230 e. The van der Waals surface area contributed by atoms with E-state index < -0.39 is 5.82 Å². The second kappa shape index (κ2) is 9.87. The molecule has 3 rings (SSSR count). The number of ether oxygens (including phenoxy) is 2. The Hall–Kier alpha value is -3.14. The number of carbonyl (C=O) groups is 1. The van der Waals surface area contributed by atoms with Gasteiger partial charge >= 0.3 is 0 Å². The van der Waals surface area contributed by atoms with Crippen LogP contribution in [0.15, 0.2) is 47.6 Å². The fourth-order valence-electron chi connectivity index (χ4n) is 2.61. The number of halogens is 1. The van der Waals surface area contributed by atoms with Gasteiger partial charge < -0.3 is 14.8 Å². The van der Waals surface area contributed by atoms with Gasteiger partial charge in [0.2, 0.25) is 11.1 Å². The Bertz CT molecular complexity index is 982. The number of carbonyl (C=O) groups excluding carboxylic acids is 1. The first-order valence-electron chi connectivity index (χ1n) is 8.76. The van der Waals surface area contributed by atoms with Crippen LogP contribution >= 0.6 is 11.8 Å². The van der Waals surface area contributed by atoms with Crippen LogP contribution in [-0.4, -0.2) is 52.6 Å². The average Bonchev–Trinajstić information content (AvgIpc) is 3.20. The van der Waals surface area contributed by atoms with Gasteiger partial charge in [0.1, 0.15) is 11.5 Å². The predicted molar refractivity (Wildman–Crippen MR) is 106 cm³/mol. The van der Waals surface area contributed by atoms with Crippen molar-refractivity contribution in [3.8, 4) is 17.2 Å². The molecular formula is C19H20FN5O3S. The van der Waals surface area contributed by atoms with Crippen molar-refractivity contribution in [3.05, 3.63) is 53.8 Å². The normalized spacial score (nSPS) is 10.6. The largest absolute Gasteiger partial charge is 0.493 e. The first-order chi connectivity index (χ1) is 14.1. The molecule has 3 aromatic rings. The lowest BCUT2D eigenvalue weighted by molar-refractivity contribution is -0.118. The topological polar surface area (TPSA) is 91.2 Å². The number of para-hydroxylation sites is 1. The van der Waals surface area contributed by atoms with E-state index in [4.69, 9.17) is 9.47 Å². The molecule has 2 aromatic carbocycles. The summed E-state index contributed by atoms with van der Waals surface area (Å²) in [5.41, 5.74) is 1.24. The zero-order chi connectivity index (χ0) is 20.6. The first-order valence-corrected chi connectivity index (χ1v) is 9.74. The first kappa shape index (κ1) is 20.6. The molecule has 0 aliphatic rings. The number of amides is 1. The molecule has 0 unspecified atom stereocenters. The van der Waals surface area contributed by atoms with Crippen molar-refractivity contribution in [2.24, 2.45) is 0 Å². The summed E-state index contributed by atoms with van der Waals surface area (Å²) < 4.78 is 25.7. The zero-order valence-corrected chi connectivity index (χ0v) is 16.8. The van der Waals surface area contributed by atoms with Gasteiger partial charge in [-0.1, -0.05) is 30.0 Å². The van der Waals surface area contributed by atoms with E-state index in [9.17, 15) is 9.18 Å². The molecule has 1 N–H and O–H groups in total. The number of hydrogen-bond acceptors (Lipinski definition) is 7. The van der Waals surface area contributed by atoms with Crippen LogP contribution in [0.3, 0.4) is 0 Å². The van der Waals surface area contributed by atoms with Gasteiger partial charge in [-0.15, -0.1) is 5.10 Å². The van der Waals surface area contributed by atoms with E-state index in [1.165, 1.54) is 10.7 Å². The third-order valence-electron chi connectivity index (χ3n) is 4.04. The Morgan fingerprint density at radius 1 is 1.17 bits per heavy atom. The molecule has 0 aliphatic carbocycles. The van der Waals surface area contributed by atoms with E-state index in [1.807, 2.05) is 18.2 Å². The highest BCUT2D eigenvalue weighted by Gasteiger charge is 2.14. The Kier molecular flexibility index (Phi) is 7.01. The molecule has 8 nitrogen and oxygen atoms in total. The number of thioether (sulfide) groups is 1. The molecule has 0 saturated heterocycles. The molecule has 0 fully saturated rings. The van der Waals surface area contributed by atoms with Crippen molar-refractivity contribution in [2.75, 3.05) is 26.5 Å². The lowest BCUT2D eigenvalue weighted by atomic mass is 10.1. The lowest BCUT2D eigenvalue weighted by Crippen LogP contribution is -2.27. The second-order valence-corrected chi connectivity index (χ2v) is 6.85. The molecule has 0 saturated carbocycles. The highest BCUT2D eigenvalue weighted by atomic mass is 32.2. The highest BCUT2D eigenvalue weighted by molar-refractivity contribution is 7.99. The average molecular weight is 417 g/mol. The van der Waals surface area contributed by atoms with Crippen LogP contribution in [0.1, 0.15) is 5.56 Å². The number of tetrazole rings is 1. The lowest BCUT2D eigenvalue weighted by Gasteiger charge is -2.10. The number of hydrogen-bond donors (Lipinski definition) is 1. The van der Waals surface area contributed by atoms with E-state index in [1.54, 1.807) is 32.4 Å². The smallest absolute Gasteiger partial charge is 0.230 e. The molecule has 0 atom stereocenters. The van der Waals surface area contributed by atoms with Crippen LogP contribution in [0.4, 0.5) is 4.39 Å². The van der Waals surface area contributed by atoms with E-state index in [-0.39, 0.29) is 17.3 Å². The van der Waals surface area contributed by atoms with Crippen molar-refractivity contribution in [3.63, 3.8) is 0 Å². The van der Waals surface area contributed by atoms with Gasteiger partial charge in [0, 0.05) is 6.54 Å². The minimum absolute atomic E-state index is 0.112. The highest BCUT2D eigenvalue weighted by Crippen LogP contribution is 2.27. The van der Waals surface area contributed by atoms with Crippen molar-refractivity contribution < 1.29 is 18.7 Å². The van der Waals surface area contributed by atoms with Crippen LogP contribution in [0.5, 0.6) is 11.5 Å². The van der Waals surface area contributed by atoms with Gasteiger partial charge in [-0.2, -0.15) is 4.68 Å². The summed E-state index contributed by atoms with van der Waals surface area (Å²) in [6.07, 6.45) is 0.643. The summed E-state index contributed by atoms with van der Waals surface area (Å²) in [4.78, 5) is 12.1. The Morgan fingerprint density at radius 2 is 1.97 bits per heavy atom. The van der Waals surface area contributed by atoms with Crippen LogP contribution in [0, 0.1) is 5.82 Å². The maximum atomic E-state index is 13.9. The van der Waals surface area contributed by atoms with Gasteiger partial charge in [0.15, 0.2) is 11.5 Å². The number of rotatable bonds is 9. The zero-order valence-electron chi connectivity index (χ0n) is 16.0. The van der Waals surface area contributed by atoms with Gasteiger partial charge in [-0.05, 0) is 46.7 Å². The summed E-state index contributed by atoms with van der Waals surface area (Å²) in [5, 5.41) is 14.4. The van der Waals surface area contributed by atoms with E-state index in [2.05, 4.69) is 20.8 Å². The maximum absolute atomic E-state index is 13.9. The molecule has 1 heterocycles. The van der Waals surface area contributed by atoms with E-state index in [0.717, 1.165) is 17.3 Å². The minimum atomic E-state index is -0.443. The van der Waals surface area contributed by atoms with Crippen LogP contribution < -0.4 is 14.8 Å². The Labute approximate surface area is 171 Å².